The van der Waals surface area contributed by atoms with Crippen LogP contribution in [-0.2, 0) is 21.4 Å². The van der Waals surface area contributed by atoms with Gasteiger partial charge < -0.3 is 4.90 Å². The minimum atomic E-state index is -3.63. The molecular formula is C22H23ClN4O4S. The number of nitrogens with zero attached hydrogens (tertiary/aromatic N) is 4. The summed E-state index contributed by atoms with van der Waals surface area (Å²) in [5.74, 6) is -0.265. The zero-order valence-electron chi connectivity index (χ0n) is 17.8. The summed E-state index contributed by atoms with van der Waals surface area (Å²) in [6.07, 6.45) is 1.34. The first-order valence-electron chi connectivity index (χ1n) is 10.2. The fourth-order valence-electron chi connectivity index (χ4n) is 3.69. The first-order chi connectivity index (χ1) is 15.2. The van der Waals surface area contributed by atoms with Crippen molar-refractivity contribution < 1.29 is 13.2 Å². The molecule has 0 atom stereocenters. The van der Waals surface area contributed by atoms with E-state index in [0.717, 1.165) is 11.1 Å². The first-order valence-corrected chi connectivity index (χ1v) is 12.0. The molecule has 4 rings (SSSR count). The largest absolute Gasteiger partial charge is 0.338 e. The number of rotatable bonds is 4. The molecule has 2 aromatic carbocycles. The van der Waals surface area contributed by atoms with Gasteiger partial charge in [-0.2, -0.15) is 4.31 Å². The third-order valence-electron chi connectivity index (χ3n) is 5.80. The van der Waals surface area contributed by atoms with Gasteiger partial charge in [-0.05, 0) is 55.3 Å². The lowest BCUT2D eigenvalue weighted by molar-refractivity contribution is -0.133. The monoisotopic (exact) mass is 474 g/mol. The van der Waals surface area contributed by atoms with Crippen LogP contribution in [0.25, 0.3) is 10.9 Å². The molecule has 32 heavy (non-hydrogen) atoms. The van der Waals surface area contributed by atoms with Crippen LogP contribution in [0.2, 0.25) is 5.02 Å². The Morgan fingerprint density at radius 2 is 1.75 bits per heavy atom. The fourth-order valence-corrected chi connectivity index (χ4v) is 5.37. The van der Waals surface area contributed by atoms with Gasteiger partial charge in [-0.3, -0.25) is 14.2 Å². The van der Waals surface area contributed by atoms with E-state index in [0.29, 0.717) is 15.9 Å². The van der Waals surface area contributed by atoms with Crippen molar-refractivity contribution >= 4 is 38.4 Å². The Balaban J connectivity index is 1.45. The van der Waals surface area contributed by atoms with Crippen molar-refractivity contribution in [3.8, 4) is 0 Å². The Morgan fingerprint density at radius 3 is 2.44 bits per heavy atom. The van der Waals surface area contributed by atoms with Gasteiger partial charge in [-0.15, -0.1) is 0 Å². The summed E-state index contributed by atoms with van der Waals surface area (Å²) in [7, 11) is -3.63. The molecule has 1 aromatic heterocycles. The summed E-state index contributed by atoms with van der Waals surface area (Å²) >= 11 is 5.98. The van der Waals surface area contributed by atoms with Gasteiger partial charge in [0.15, 0.2) is 0 Å². The smallest absolute Gasteiger partial charge is 0.261 e. The number of sulfonamides is 1. The molecule has 1 saturated heterocycles. The molecule has 1 aliphatic rings. The fraction of sp³-hybridized carbons (Fsp3) is 0.318. The minimum absolute atomic E-state index is 0.168. The summed E-state index contributed by atoms with van der Waals surface area (Å²) < 4.78 is 28.6. The lowest BCUT2D eigenvalue weighted by Crippen LogP contribution is -2.51. The van der Waals surface area contributed by atoms with Crippen LogP contribution in [0.3, 0.4) is 0 Å². The number of hydrogen-bond donors (Lipinski definition) is 0. The highest BCUT2D eigenvalue weighted by molar-refractivity contribution is 7.89. The molecule has 0 N–H and O–H groups in total. The zero-order valence-corrected chi connectivity index (χ0v) is 19.4. The molecule has 8 nitrogen and oxygen atoms in total. The van der Waals surface area contributed by atoms with Gasteiger partial charge in [0.25, 0.3) is 5.56 Å². The number of halogens is 1. The Kier molecular flexibility index (Phi) is 6.07. The van der Waals surface area contributed by atoms with E-state index in [1.54, 1.807) is 35.2 Å². The summed E-state index contributed by atoms with van der Waals surface area (Å²) in [4.78, 5) is 31.5. The SMILES string of the molecule is Cc1ccc(S(=O)(=O)N2CCN(C(=O)Cn3cnc4ccc(Cl)cc4c3=O)CC2)cc1C. The maximum Gasteiger partial charge on any atom is 0.261 e. The number of carbonyl (C=O) groups excluding carboxylic acids is 1. The molecule has 0 radical (unpaired) electrons. The van der Waals surface area contributed by atoms with Crippen molar-refractivity contribution in [1.82, 2.24) is 18.8 Å². The normalized spacial score (nSPS) is 15.3. The summed E-state index contributed by atoms with van der Waals surface area (Å²) in [6, 6.07) is 9.92. The lowest BCUT2D eigenvalue weighted by atomic mass is 10.1. The number of benzene rings is 2. The van der Waals surface area contributed by atoms with Gasteiger partial charge in [0.05, 0.1) is 22.1 Å². The third kappa shape index (κ3) is 4.28. The van der Waals surface area contributed by atoms with Gasteiger partial charge >= 0.3 is 0 Å². The maximum absolute atomic E-state index is 13.0. The van der Waals surface area contributed by atoms with Gasteiger partial charge in [0.2, 0.25) is 15.9 Å². The highest BCUT2D eigenvalue weighted by Crippen LogP contribution is 2.20. The van der Waals surface area contributed by atoms with Crippen molar-refractivity contribution in [2.24, 2.45) is 0 Å². The average Bonchev–Trinajstić information content (AvgIpc) is 2.78. The second-order valence-electron chi connectivity index (χ2n) is 7.87. The second kappa shape index (κ2) is 8.65. The first kappa shape index (κ1) is 22.4. The van der Waals surface area contributed by atoms with Crippen LogP contribution in [0.15, 0.2) is 52.4 Å². The number of hydrogen-bond acceptors (Lipinski definition) is 5. The molecule has 1 fully saturated rings. The van der Waals surface area contributed by atoms with E-state index >= 15 is 0 Å². The molecule has 1 amide bonds. The van der Waals surface area contributed by atoms with Crippen molar-refractivity contribution in [1.29, 1.82) is 0 Å². The highest BCUT2D eigenvalue weighted by Gasteiger charge is 2.30. The molecule has 168 valence electrons. The van der Waals surface area contributed by atoms with E-state index < -0.39 is 10.0 Å². The maximum atomic E-state index is 13.0. The van der Waals surface area contributed by atoms with Crippen LogP contribution < -0.4 is 5.56 Å². The van der Waals surface area contributed by atoms with E-state index in [9.17, 15) is 18.0 Å². The van der Waals surface area contributed by atoms with E-state index in [-0.39, 0.29) is 49.1 Å². The Labute approximate surface area is 191 Å². The molecule has 0 aliphatic carbocycles. The summed E-state index contributed by atoms with van der Waals surface area (Å²) in [6.45, 7) is 4.54. The van der Waals surface area contributed by atoms with Crippen LogP contribution in [0, 0.1) is 13.8 Å². The molecule has 0 spiro atoms. The van der Waals surface area contributed by atoms with Gasteiger partial charge in [0.1, 0.15) is 6.54 Å². The van der Waals surface area contributed by atoms with Gasteiger partial charge in [0, 0.05) is 31.2 Å². The van der Waals surface area contributed by atoms with Crippen LogP contribution >= 0.6 is 11.6 Å². The predicted octanol–water partition coefficient (Wildman–Crippen LogP) is 2.20. The number of amides is 1. The Morgan fingerprint density at radius 1 is 1.03 bits per heavy atom. The molecule has 0 bridgehead atoms. The molecular weight excluding hydrogens is 452 g/mol. The Hall–Kier alpha value is -2.75. The van der Waals surface area contributed by atoms with E-state index in [1.807, 2.05) is 13.8 Å². The number of carbonyl (C=O) groups is 1. The van der Waals surface area contributed by atoms with E-state index in [2.05, 4.69) is 4.98 Å². The molecule has 0 unspecified atom stereocenters. The van der Waals surface area contributed by atoms with Crippen LogP contribution in [-0.4, -0.2) is 59.3 Å². The molecule has 10 heteroatoms. The molecule has 1 aliphatic heterocycles. The summed E-state index contributed by atoms with van der Waals surface area (Å²) in [5, 5.41) is 0.763. The molecule has 2 heterocycles. The van der Waals surface area contributed by atoms with Crippen LogP contribution in [0.1, 0.15) is 11.1 Å². The molecule has 3 aromatic rings. The lowest BCUT2D eigenvalue weighted by Gasteiger charge is -2.34. The van der Waals surface area contributed by atoms with Crippen molar-refractivity contribution in [3.63, 3.8) is 0 Å². The quantitative estimate of drug-likeness (QED) is 0.578. The van der Waals surface area contributed by atoms with Crippen molar-refractivity contribution in [3.05, 3.63) is 69.2 Å². The number of fused-ring (bicyclic) bond motifs is 1. The molecule has 0 saturated carbocycles. The predicted molar refractivity (Wildman–Crippen MR) is 122 cm³/mol. The number of aryl methyl sites for hydroxylation is 2. The second-order valence-corrected chi connectivity index (χ2v) is 10.2. The van der Waals surface area contributed by atoms with Crippen LogP contribution in [0.4, 0.5) is 0 Å². The third-order valence-corrected chi connectivity index (χ3v) is 7.93. The summed E-state index contributed by atoms with van der Waals surface area (Å²) in [5.41, 5.74) is 2.10. The van der Waals surface area contributed by atoms with E-state index in [1.165, 1.54) is 21.3 Å². The van der Waals surface area contributed by atoms with Crippen molar-refractivity contribution in [2.75, 3.05) is 26.2 Å². The highest BCUT2D eigenvalue weighted by atomic mass is 35.5. The number of aromatic nitrogens is 2. The minimum Gasteiger partial charge on any atom is -0.338 e. The van der Waals surface area contributed by atoms with Crippen LogP contribution in [0.5, 0.6) is 0 Å². The number of piperazine rings is 1. The van der Waals surface area contributed by atoms with Gasteiger partial charge in [-0.25, -0.2) is 13.4 Å². The van der Waals surface area contributed by atoms with Gasteiger partial charge in [-0.1, -0.05) is 17.7 Å². The topological polar surface area (TPSA) is 92.6 Å². The standard InChI is InChI=1S/C22H23ClN4O4S/c1-15-3-5-18(11-16(15)2)32(30,31)27-9-7-25(8-10-27)21(28)13-26-14-24-20-6-4-17(23)12-19(20)22(26)29/h3-6,11-12,14H,7-10,13H2,1-2H3. The van der Waals surface area contributed by atoms with Crippen molar-refractivity contribution in [2.45, 2.75) is 25.3 Å². The Bertz CT molecular complexity index is 1360. The zero-order chi connectivity index (χ0) is 23.0. The average molecular weight is 475 g/mol. The van der Waals surface area contributed by atoms with E-state index in [4.69, 9.17) is 11.6 Å².